The highest BCUT2D eigenvalue weighted by Gasteiger charge is 2.13. The van der Waals surface area contributed by atoms with E-state index >= 15 is 0 Å². The van der Waals surface area contributed by atoms with Gasteiger partial charge >= 0.3 is 0 Å². The van der Waals surface area contributed by atoms with Gasteiger partial charge in [0.1, 0.15) is 0 Å². The first-order valence-corrected chi connectivity index (χ1v) is 4.02. The molecule has 0 heterocycles. The molecule has 0 saturated carbocycles. The Balaban J connectivity index is 3.42. The van der Waals surface area contributed by atoms with Gasteiger partial charge in [-0.3, -0.25) is 5.32 Å². The summed E-state index contributed by atoms with van der Waals surface area (Å²) in [6.45, 7) is 7.57. The smallest absolute Gasteiger partial charge is 0.0455 e. The Morgan fingerprint density at radius 2 is 1.90 bits per heavy atom. The molecule has 0 aliphatic carbocycles. The molecule has 2 N–H and O–H groups in total. The highest BCUT2D eigenvalue weighted by Crippen LogP contribution is 2.09. The zero-order chi connectivity index (χ0) is 8.04. The third kappa shape index (κ3) is 4.77. The van der Waals surface area contributed by atoms with Crippen LogP contribution in [0.2, 0.25) is 0 Å². The number of hydrogen-bond acceptors (Lipinski definition) is 2. The van der Waals surface area contributed by atoms with Crippen LogP contribution in [-0.4, -0.2) is 19.3 Å². The van der Waals surface area contributed by atoms with Crippen molar-refractivity contribution in [2.24, 2.45) is 0 Å². The zero-order valence-electron chi connectivity index (χ0n) is 7.62. The summed E-state index contributed by atoms with van der Waals surface area (Å²) >= 11 is 0. The van der Waals surface area contributed by atoms with Crippen LogP contribution in [0.5, 0.6) is 0 Å². The van der Waals surface area contributed by atoms with Gasteiger partial charge in [-0.25, -0.2) is 0 Å². The predicted molar refractivity (Wildman–Crippen MR) is 46.0 cm³/mol. The Hall–Kier alpha value is -0.0800. The van der Waals surface area contributed by atoms with Crippen LogP contribution in [0.25, 0.3) is 0 Å². The van der Waals surface area contributed by atoms with Crippen LogP contribution in [0, 0.1) is 0 Å². The van der Waals surface area contributed by atoms with E-state index in [1.165, 1.54) is 12.8 Å². The molecule has 0 aromatic carbocycles. The SMILES string of the molecule is CCCC(C)(C)NCNC. The van der Waals surface area contributed by atoms with Gasteiger partial charge in [-0.15, -0.1) is 0 Å². The minimum Gasteiger partial charge on any atom is -0.308 e. The van der Waals surface area contributed by atoms with Crippen LogP contribution in [0.3, 0.4) is 0 Å². The Kier molecular flexibility index (Phi) is 4.65. The van der Waals surface area contributed by atoms with Crippen molar-refractivity contribution in [2.45, 2.75) is 39.2 Å². The Bertz CT molecular complexity index is 79.3. The third-order valence-corrected chi connectivity index (χ3v) is 1.62. The maximum Gasteiger partial charge on any atom is 0.0455 e. The third-order valence-electron chi connectivity index (χ3n) is 1.62. The molecule has 0 rings (SSSR count). The van der Waals surface area contributed by atoms with E-state index in [9.17, 15) is 0 Å². The molecule has 0 fully saturated rings. The monoisotopic (exact) mass is 144 g/mol. The highest BCUT2D eigenvalue weighted by atomic mass is 15.1. The maximum absolute atomic E-state index is 3.40. The van der Waals surface area contributed by atoms with Crippen molar-refractivity contribution in [1.29, 1.82) is 0 Å². The Labute approximate surface area is 64.4 Å². The first-order valence-electron chi connectivity index (χ1n) is 4.02. The number of hydrogen-bond donors (Lipinski definition) is 2. The van der Waals surface area contributed by atoms with Crippen LogP contribution in [0.1, 0.15) is 33.6 Å². The standard InChI is InChI=1S/C8H20N2/c1-5-6-8(2,3)10-7-9-4/h9-10H,5-7H2,1-4H3. The van der Waals surface area contributed by atoms with Crippen molar-refractivity contribution in [2.75, 3.05) is 13.7 Å². The molecule has 0 aliphatic rings. The van der Waals surface area contributed by atoms with Gasteiger partial charge in [0.05, 0.1) is 0 Å². The first kappa shape index (κ1) is 9.92. The second-order valence-electron chi connectivity index (χ2n) is 3.34. The summed E-state index contributed by atoms with van der Waals surface area (Å²) in [4.78, 5) is 0. The van der Waals surface area contributed by atoms with Crippen LogP contribution in [0.4, 0.5) is 0 Å². The quantitative estimate of drug-likeness (QED) is 0.569. The molecule has 0 spiro atoms. The van der Waals surface area contributed by atoms with E-state index in [0.29, 0.717) is 0 Å². The van der Waals surface area contributed by atoms with Gasteiger partial charge in [0.2, 0.25) is 0 Å². The van der Waals surface area contributed by atoms with Gasteiger partial charge in [0, 0.05) is 12.2 Å². The molecule has 10 heavy (non-hydrogen) atoms. The fraction of sp³-hybridized carbons (Fsp3) is 1.00. The highest BCUT2D eigenvalue weighted by molar-refractivity contribution is 4.75. The Morgan fingerprint density at radius 3 is 2.30 bits per heavy atom. The van der Waals surface area contributed by atoms with Crippen LogP contribution in [-0.2, 0) is 0 Å². The van der Waals surface area contributed by atoms with E-state index in [1.54, 1.807) is 0 Å². The minimum absolute atomic E-state index is 0.289. The molecule has 62 valence electrons. The zero-order valence-corrected chi connectivity index (χ0v) is 7.62. The summed E-state index contributed by atoms with van der Waals surface area (Å²) < 4.78 is 0. The lowest BCUT2D eigenvalue weighted by atomic mass is 9.99. The molecule has 0 atom stereocenters. The van der Waals surface area contributed by atoms with E-state index < -0.39 is 0 Å². The number of rotatable bonds is 5. The van der Waals surface area contributed by atoms with Gasteiger partial charge in [-0.05, 0) is 27.3 Å². The number of nitrogens with one attached hydrogen (secondary N) is 2. The van der Waals surface area contributed by atoms with E-state index in [4.69, 9.17) is 0 Å². The van der Waals surface area contributed by atoms with Gasteiger partial charge in [-0.2, -0.15) is 0 Å². The summed E-state index contributed by atoms with van der Waals surface area (Å²) in [6.07, 6.45) is 2.47. The van der Waals surface area contributed by atoms with Gasteiger partial charge in [0.25, 0.3) is 0 Å². The molecule has 0 aliphatic heterocycles. The van der Waals surface area contributed by atoms with Crippen molar-refractivity contribution >= 4 is 0 Å². The molecule has 0 bridgehead atoms. The van der Waals surface area contributed by atoms with E-state index in [2.05, 4.69) is 31.4 Å². The molecule has 0 radical (unpaired) electrons. The maximum atomic E-state index is 3.40. The molecular formula is C8H20N2. The topological polar surface area (TPSA) is 24.1 Å². The largest absolute Gasteiger partial charge is 0.308 e. The van der Waals surface area contributed by atoms with E-state index in [-0.39, 0.29) is 5.54 Å². The molecule has 0 amide bonds. The van der Waals surface area contributed by atoms with E-state index in [0.717, 1.165) is 6.67 Å². The predicted octanol–water partition coefficient (Wildman–Crippen LogP) is 1.33. The average molecular weight is 144 g/mol. The lowest BCUT2D eigenvalue weighted by Crippen LogP contribution is -2.43. The summed E-state index contributed by atoms with van der Waals surface area (Å²) in [7, 11) is 1.95. The Morgan fingerprint density at radius 1 is 1.30 bits per heavy atom. The van der Waals surface area contributed by atoms with Gasteiger partial charge in [0.15, 0.2) is 0 Å². The second-order valence-corrected chi connectivity index (χ2v) is 3.34. The molecule has 0 unspecified atom stereocenters. The van der Waals surface area contributed by atoms with Crippen molar-refractivity contribution in [3.8, 4) is 0 Å². The molecule has 0 aromatic heterocycles. The van der Waals surface area contributed by atoms with Crippen LogP contribution >= 0.6 is 0 Å². The normalized spacial score (nSPS) is 12.0. The van der Waals surface area contributed by atoms with Crippen molar-refractivity contribution < 1.29 is 0 Å². The summed E-state index contributed by atoms with van der Waals surface area (Å²) in [5.41, 5.74) is 0.289. The fourth-order valence-electron chi connectivity index (χ4n) is 1.04. The van der Waals surface area contributed by atoms with Gasteiger partial charge < -0.3 is 5.32 Å². The van der Waals surface area contributed by atoms with Gasteiger partial charge in [-0.1, -0.05) is 13.3 Å². The van der Waals surface area contributed by atoms with Crippen molar-refractivity contribution in [3.05, 3.63) is 0 Å². The lowest BCUT2D eigenvalue weighted by Gasteiger charge is -2.25. The fourth-order valence-corrected chi connectivity index (χ4v) is 1.04. The minimum atomic E-state index is 0.289. The molecule has 0 saturated heterocycles. The second kappa shape index (κ2) is 4.69. The molecule has 2 heteroatoms. The average Bonchev–Trinajstić information content (AvgIpc) is 1.84. The lowest BCUT2D eigenvalue weighted by molar-refractivity contribution is 0.351. The molecular weight excluding hydrogens is 124 g/mol. The first-order chi connectivity index (χ1) is 4.62. The summed E-state index contributed by atoms with van der Waals surface area (Å²) in [5.74, 6) is 0. The molecule has 2 nitrogen and oxygen atoms in total. The van der Waals surface area contributed by atoms with Crippen LogP contribution in [0.15, 0.2) is 0 Å². The summed E-state index contributed by atoms with van der Waals surface area (Å²) in [6, 6.07) is 0. The van der Waals surface area contributed by atoms with Crippen molar-refractivity contribution in [1.82, 2.24) is 10.6 Å². The molecule has 0 aromatic rings. The van der Waals surface area contributed by atoms with Crippen LogP contribution < -0.4 is 10.6 Å². The van der Waals surface area contributed by atoms with E-state index in [1.807, 2.05) is 7.05 Å². The van der Waals surface area contributed by atoms with Crippen molar-refractivity contribution in [3.63, 3.8) is 0 Å². The summed E-state index contributed by atoms with van der Waals surface area (Å²) in [5, 5.41) is 6.47.